The van der Waals surface area contributed by atoms with Gasteiger partial charge in [-0.3, -0.25) is 9.59 Å². The Morgan fingerprint density at radius 1 is 1.32 bits per heavy atom. The van der Waals surface area contributed by atoms with E-state index in [0.29, 0.717) is 12.3 Å². The normalized spacial score (nSPS) is 32.5. The first kappa shape index (κ1) is 14.4. The van der Waals surface area contributed by atoms with E-state index < -0.39 is 5.54 Å². The quantitative estimate of drug-likeness (QED) is 0.848. The molecule has 1 N–H and O–H groups in total. The van der Waals surface area contributed by atoms with Crippen molar-refractivity contribution in [3.8, 4) is 0 Å². The highest BCUT2D eigenvalue weighted by Gasteiger charge is 2.51. The zero-order valence-corrected chi connectivity index (χ0v) is 12.7. The number of nitrogens with one attached hydrogen (secondary N) is 1. The summed E-state index contributed by atoms with van der Waals surface area (Å²) in [7, 11) is 0. The van der Waals surface area contributed by atoms with Gasteiger partial charge in [0.25, 0.3) is 0 Å². The maximum absolute atomic E-state index is 12.8. The van der Waals surface area contributed by atoms with Crippen LogP contribution in [-0.2, 0) is 9.59 Å². The lowest BCUT2D eigenvalue weighted by molar-refractivity contribution is -0.159. The van der Waals surface area contributed by atoms with Crippen LogP contribution in [0.5, 0.6) is 0 Å². The minimum atomic E-state index is -0.728. The van der Waals surface area contributed by atoms with Gasteiger partial charge in [-0.2, -0.15) is 0 Å². The number of carbonyl (C=O) groups is 2. The van der Waals surface area contributed by atoms with E-state index >= 15 is 0 Å². The van der Waals surface area contributed by atoms with Gasteiger partial charge in [0, 0.05) is 6.54 Å². The minimum Gasteiger partial charge on any atom is -0.340 e. The summed E-state index contributed by atoms with van der Waals surface area (Å²) in [6.45, 7) is 10.6. The Morgan fingerprint density at radius 3 is 2.32 bits per heavy atom. The number of piperazine rings is 1. The van der Waals surface area contributed by atoms with E-state index in [9.17, 15) is 9.59 Å². The van der Waals surface area contributed by atoms with Crippen molar-refractivity contribution in [2.24, 2.45) is 11.3 Å². The van der Waals surface area contributed by atoms with Crippen molar-refractivity contribution in [3.05, 3.63) is 0 Å². The first-order chi connectivity index (χ1) is 8.69. The Labute approximate surface area is 115 Å². The number of hydrogen-bond acceptors (Lipinski definition) is 2. The van der Waals surface area contributed by atoms with Crippen molar-refractivity contribution in [1.82, 2.24) is 10.2 Å². The summed E-state index contributed by atoms with van der Waals surface area (Å²) < 4.78 is 0. The second-order valence-electron chi connectivity index (χ2n) is 7.34. The first-order valence-corrected chi connectivity index (χ1v) is 7.32. The average Bonchev–Trinajstić information content (AvgIpc) is 3.07. The van der Waals surface area contributed by atoms with Crippen LogP contribution in [-0.4, -0.2) is 34.8 Å². The van der Waals surface area contributed by atoms with Crippen molar-refractivity contribution < 1.29 is 9.59 Å². The highest BCUT2D eigenvalue weighted by molar-refractivity contribution is 6.00. The molecule has 19 heavy (non-hydrogen) atoms. The molecule has 2 amide bonds. The summed E-state index contributed by atoms with van der Waals surface area (Å²) >= 11 is 0. The second-order valence-corrected chi connectivity index (χ2v) is 7.34. The molecule has 2 unspecified atom stereocenters. The number of amides is 2. The Hall–Kier alpha value is -1.06. The molecule has 2 atom stereocenters. The smallest absolute Gasteiger partial charge is 0.248 e. The predicted octanol–water partition coefficient (Wildman–Crippen LogP) is 1.94. The van der Waals surface area contributed by atoms with Crippen LogP contribution in [0.3, 0.4) is 0 Å². The highest BCUT2D eigenvalue weighted by atomic mass is 16.2. The molecule has 1 aliphatic heterocycles. The fraction of sp³-hybridized carbons (Fsp3) is 0.867. The number of carbonyl (C=O) groups excluding carboxylic acids is 2. The minimum absolute atomic E-state index is 0.00269. The molecule has 0 aromatic rings. The second kappa shape index (κ2) is 4.50. The summed E-state index contributed by atoms with van der Waals surface area (Å²) in [5, 5.41) is 2.94. The molecule has 1 heterocycles. The maximum atomic E-state index is 12.8. The number of hydrogen-bond donors (Lipinski definition) is 1. The summed E-state index contributed by atoms with van der Waals surface area (Å²) in [6, 6.07) is -0.347. The van der Waals surface area contributed by atoms with E-state index in [4.69, 9.17) is 0 Å². The standard InChI is InChI=1S/C15H26N2O2/c1-6-15(5)13(19)17(9-10-7-8-10)11(12(18)16-15)14(2,3)4/h10-11H,6-9H2,1-5H3,(H,16,18). The molecule has 0 aromatic carbocycles. The van der Waals surface area contributed by atoms with Crippen LogP contribution >= 0.6 is 0 Å². The zero-order chi connectivity index (χ0) is 14.4. The van der Waals surface area contributed by atoms with Crippen molar-refractivity contribution >= 4 is 11.8 Å². The van der Waals surface area contributed by atoms with E-state index in [2.05, 4.69) is 5.32 Å². The van der Waals surface area contributed by atoms with Gasteiger partial charge < -0.3 is 10.2 Å². The van der Waals surface area contributed by atoms with Crippen LogP contribution in [0.4, 0.5) is 0 Å². The molecule has 1 saturated heterocycles. The van der Waals surface area contributed by atoms with Crippen LogP contribution in [0.1, 0.15) is 53.9 Å². The fourth-order valence-electron chi connectivity index (χ4n) is 2.84. The molecule has 2 fully saturated rings. The van der Waals surface area contributed by atoms with Crippen molar-refractivity contribution in [2.75, 3.05) is 6.54 Å². The van der Waals surface area contributed by atoms with Gasteiger partial charge in [0.1, 0.15) is 11.6 Å². The Morgan fingerprint density at radius 2 is 1.89 bits per heavy atom. The molecule has 1 aliphatic carbocycles. The van der Waals surface area contributed by atoms with Gasteiger partial charge in [-0.1, -0.05) is 27.7 Å². The van der Waals surface area contributed by atoms with Gasteiger partial charge in [0.2, 0.25) is 11.8 Å². The number of rotatable bonds is 3. The zero-order valence-electron chi connectivity index (χ0n) is 12.7. The van der Waals surface area contributed by atoms with Crippen LogP contribution in [0.15, 0.2) is 0 Å². The van der Waals surface area contributed by atoms with E-state index in [1.807, 2.05) is 39.5 Å². The third-order valence-electron chi connectivity index (χ3n) is 4.37. The first-order valence-electron chi connectivity index (χ1n) is 7.32. The van der Waals surface area contributed by atoms with Gasteiger partial charge in [-0.05, 0) is 37.5 Å². The molecule has 2 rings (SSSR count). The molecule has 0 aromatic heterocycles. The topological polar surface area (TPSA) is 49.4 Å². The van der Waals surface area contributed by atoms with Crippen LogP contribution in [0, 0.1) is 11.3 Å². The molecular formula is C15H26N2O2. The largest absolute Gasteiger partial charge is 0.340 e. The van der Waals surface area contributed by atoms with Gasteiger partial charge in [0.05, 0.1) is 0 Å². The SMILES string of the molecule is CCC1(C)NC(=O)C(C(C)(C)C)N(CC2CC2)C1=O. The molecule has 2 aliphatic rings. The molecule has 1 saturated carbocycles. The van der Waals surface area contributed by atoms with Crippen molar-refractivity contribution in [1.29, 1.82) is 0 Å². The summed E-state index contributed by atoms with van der Waals surface area (Å²) in [5.41, 5.74) is -0.961. The van der Waals surface area contributed by atoms with Crippen molar-refractivity contribution in [3.63, 3.8) is 0 Å². The Bertz CT molecular complexity index is 395. The maximum Gasteiger partial charge on any atom is 0.248 e. The van der Waals surface area contributed by atoms with Gasteiger partial charge in [-0.15, -0.1) is 0 Å². The molecule has 0 bridgehead atoms. The molecular weight excluding hydrogens is 240 g/mol. The van der Waals surface area contributed by atoms with E-state index in [-0.39, 0.29) is 23.3 Å². The average molecular weight is 266 g/mol. The lowest BCUT2D eigenvalue weighted by Crippen LogP contribution is -2.71. The van der Waals surface area contributed by atoms with E-state index in [1.54, 1.807) is 0 Å². The molecule has 108 valence electrons. The lowest BCUT2D eigenvalue weighted by Gasteiger charge is -2.48. The van der Waals surface area contributed by atoms with Crippen LogP contribution in [0.2, 0.25) is 0 Å². The lowest BCUT2D eigenvalue weighted by atomic mass is 9.80. The molecule has 4 nitrogen and oxygen atoms in total. The summed E-state index contributed by atoms with van der Waals surface area (Å²) in [4.78, 5) is 27.1. The van der Waals surface area contributed by atoms with Gasteiger partial charge in [-0.25, -0.2) is 0 Å². The highest BCUT2D eigenvalue weighted by Crippen LogP contribution is 2.36. The van der Waals surface area contributed by atoms with Gasteiger partial charge in [0.15, 0.2) is 0 Å². The fourth-order valence-corrected chi connectivity index (χ4v) is 2.84. The molecule has 0 radical (unpaired) electrons. The molecule has 4 heteroatoms. The Balaban J connectivity index is 2.32. The van der Waals surface area contributed by atoms with Crippen LogP contribution in [0.25, 0.3) is 0 Å². The third-order valence-corrected chi connectivity index (χ3v) is 4.37. The Kier molecular flexibility index (Phi) is 3.40. The monoisotopic (exact) mass is 266 g/mol. The van der Waals surface area contributed by atoms with Crippen LogP contribution < -0.4 is 5.32 Å². The predicted molar refractivity (Wildman–Crippen MR) is 74.5 cm³/mol. The third kappa shape index (κ3) is 2.63. The van der Waals surface area contributed by atoms with Crippen molar-refractivity contribution in [2.45, 2.75) is 65.5 Å². The van der Waals surface area contributed by atoms with E-state index in [0.717, 1.165) is 6.54 Å². The molecule has 0 spiro atoms. The number of nitrogens with zero attached hydrogens (tertiary/aromatic N) is 1. The van der Waals surface area contributed by atoms with Gasteiger partial charge >= 0.3 is 0 Å². The van der Waals surface area contributed by atoms with E-state index in [1.165, 1.54) is 12.8 Å². The summed E-state index contributed by atoms with van der Waals surface area (Å²) in [6.07, 6.45) is 3.01. The summed E-state index contributed by atoms with van der Waals surface area (Å²) in [5.74, 6) is 0.680.